The molecule has 1 heterocycles. The fourth-order valence-electron chi connectivity index (χ4n) is 0.344. The summed E-state index contributed by atoms with van der Waals surface area (Å²) in [6, 6.07) is -1.00. The van der Waals surface area contributed by atoms with Gasteiger partial charge in [-0.1, -0.05) is 0 Å². The van der Waals surface area contributed by atoms with Crippen LogP contribution in [0.5, 0.6) is 0 Å². The summed E-state index contributed by atoms with van der Waals surface area (Å²) >= 11 is 5.58. The highest BCUT2D eigenvalue weighted by Crippen LogP contribution is 2.11. The molecule has 2 atom stereocenters. The maximum Gasteiger partial charge on any atom is 0.123 e. The topological polar surface area (TPSA) is 12.0 Å². The van der Waals surface area contributed by atoms with E-state index in [9.17, 15) is 0 Å². The molecule has 0 aliphatic carbocycles. The van der Waals surface area contributed by atoms with Crippen LogP contribution in [-0.4, -0.2) is 17.9 Å². The number of hydrogen-bond acceptors (Lipinski definition) is 1. The van der Waals surface area contributed by atoms with Crippen LogP contribution in [0.3, 0.4) is 0 Å². The highest BCUT2D eigenvalue weighted by molar-refractivity contribution is 6.21. The van der Waals surface area contributed by atoms with Gasteiger partial charge in [0.05, 0.1) is 0 Å². The minimum atomic E-state index is -2.57. The molecule has 7 heavy (non-hydrogen) atoms. The van der Waals surface area contributed by atoms with Crippen LogP contribution < -0.4 is 5.31 Å². The van der Waals surface area contributed by atoms with Gasteiger partial charge in [0.25, 0.3) is 0 Å². The molecule has 1 saturated heterocycles. The lowest BCUT2D eigenvalue weighted by Gasteiger charge is -2.03. The first-order valence-electron chi connectivity index (χ1n) is 4.98. The van der Waals surface area contributed by atoms with E-state index in [1.807, 2.05) is 0 Å². The summed E-state index contributed by atoms with van der Waals surface area (Å²) in [6.07, 6.45) is -2.57. The Labute approximate surface area is 57.5 Å². The molecule has 2 heteroatoms. The normalized spacial score (nSPS) is 82.3. The Bertz CT molecular complexity index is 207. The van der Waals surface area contributed by atoms with Crippen molar-refractivity contribution in [3.05, 3.63) is 0 Å². The molecule has 2 unspecified atom stereocenters. The SMILES string of the molecule is [2H]N1C(C)C([2H])(Cl)C([2H])([2H])C1([2H])[2H]. The van der Waals surface area contributed by atoms with E-state index in [1.54, 1.807) is 0 Å². The van der Waals surface area contributed by atoms with Gasteiger partial charge in [-0.2, -0.15) is 0 Å². The molecule has 0 aromatic heterocycles. The summed E-state index contributed by atoms with van der Waals surface area (Å²) in [7, 11) is 0. The number of rotatable bonds is 0. The van der Waals surface area contributed by atoms with E-state index in [2.05, 4.69) is 0 Å². The van der Waals surface area contributed by atoms with E-state index < -0.39 is 24.3 Å². The lowest BCUT2D eigenvalue weighted by atomic mass is 10.2. The molecule has 0 amide bonds. The van der Waals surface area contributed by atoms with Crippen molar-refractivity contribution in [2.75, 3.05) is 6.50 Å². The third-order valence-corrected chi connectivity index (χ3v) is 1.21. The summed E-state index contributed by atoms with van der Waals surface area (Å²) in [5.41, 5.74) is 0. The van der Waals surface area contributed by atoms with Crippen molar-refractivity contribution < 1.29 is 8.27 Å². The van der Waals surface area contributed by atoms with Crippen molar-refractivity contribution in [3.63, 3.8) is 0 Å². The Kier molecular flexibility index (Phi) is 0.464. The number of halogens is 1. The second kappa shape index (κ2) is 2.01. The van der Waals surface area contributed by atoms with Gasteiger partial charge in [-0.3, -0.25) is 0 Å². The molecule has 42 valence electrons. The fourth-order valence-corrected chi connectivity index (χ4v) is 0.435. The van der Waals surface area contributed by atoms with E-state index in [0.29, 0.717) is 5.31 Å². The minimum Gasteiger partial charge on any atom is -0.313 e. The maximum absolute atomic E-state index is 7.47. The average molecular weight is 126 g/mol. The standard InChI is InChI=1S/C5H10ClN/c1-4-5(6)2-3-7-4/h4-5,7H,2-3H2,1H3/i2D2,3D2,5D/hD. The van der Waals surface area contributed by atoms with Gasteiger partial charge in [0, 0.05) is 18.2 Å². The van der Waals surface area contributed by atoms with Gasteiger partial charge in [0.15, 0.2) is 0 Å². The van der Waals surface area contributed by atoms with Gasteiger partial charge >= 0.3 is 0 Å². The molecule has 1 rings (SSSR count). The predicted molar refractivity (Wildman–Crippen MR) is 31.7 cm³/mol. The van der Waals surface area contributed by atoms with Crippen LogP contribution in [0.25, 0.3) is 0 Å². The summed E-state index contributed by atoms with van der Waals surface area (Å²) in [4.78, 5) is 0. The second-order valence-corrected chi connectivity index (χ2v) is 1.80. The van der Waals surface area contributed by atoms with Crippen LogP contribution >= 0.6 is 11.6 Å². The summed E-state index contributed by atoms with van der Waals surface area (Å²) in [5, 5.41) is -1.72. The molecule has 1 aliphatic rings. The zero-order valence-electron chi connectivity index (χ0n) is 9.90. The molecule has 1 nitrogen and oxygen atoms in total. The molecular formula is C5H10ClN. The van der Waals surface area contributed by atoms with Crippen LogP contribution in [-0.2, 0) is 0 Å². The Morgan fingerprint density at radius 3 is 3.14 bits per heavy atom. The lowest BCUT2D eigenvalue weighted by Crippen LogP contribution is -2.22. The van der Waals surface area contributed by atoms with Crippen molar-refractivity contribution in [1.29, 1.82) is 0 Å². The number of hydrogen-bond donors (Lipinski definition) is 1. The highest BCUT2D eigenvalue weighted by atomic mass is 35.5. The van der Waals surface area contributed by atoms with Gasteiger partial charge < -0.3 is 5.31 Å². The maximum atomic E-state index is 7.47. The molecule has 0 radical (unpaired) electrons. The predicted octanol–water partition coefficient (Wildman–Crippen LogP) is 0.976. The third-order valence-electron chi connectivity index (χ3n) is 0.800. The molecule has 0 saturated carbocycles. The number of alkyl halides is 1. The fraction of sp³-hybridized carbons (Fsp3) is 1.00. The first-order valence-corrected chi connectivity index (χ1v) is 2.41. The second-order valence-electron chi connectivity index (χ2n) is 1.39. The van der Waals surface area contributed by atoms with E-state index in [4.69, 9.17) is 19.9 Å². The zero-order chi connectivity index (χ0) is 10.7. The summed E-state index contributed by atoms with van der Waals surface area (Å²) in [6.45, 7) is -1.18. The van der Waals surface area contributed by atoms with Crippen LogP contribution in [0, 0.1) is 0 Å². The van der Waals surface area contributed by atoms with Gasteiger partial charge in [0.2, 0.25) is 0 Å². The van der Waals surface area contributed by atoms with Crippen LogP contribution in [0.2, 0.25) is 1.41 Å². The van der Waals surface area contributed by atoms with E-state index in [1.165, 1.54) is 6.92 Å². The molecule has 0 bridgehead atoms. The minimum absolute atomic E-state index is 0.410. The average Bonchev–Trinajstić information content (AvgIpc) is 2.05. The van der Waals surface area contributed by atoms with Crippen LogP contribution in [0.1, 0.15) is 20.2 Å². The van der Waals surface area contributed by atoms with Gasteiger partial charge in [0.1, 0.15) is 1.41 Å². The molecule has 0 spiro atoms. The number of nitrogens with one attached hydrogen (secondary N) is 1. The van der Waals surface area contributed by atoms with Crippen LogP contribution in [0.15, 0.2) is 0 Å². The monoisotopic (exact) mass is 125 g/mol. The molecule has 1 N–H and O–H groups in total. The van der Waals surface area contributed by atoms with Gasteiger partial charge in [-0.15, -0.1) is 11.6 Å². The lowest BCUT2D eigenvalue weighted by molar-refractivity contribution is 0.669. The Morgan fingerprint density at radius 1 is 2.29 bits per heavy atom. The van der Waals surface area contributed by atoms with Crippen molar-refractivity contribution in [1.82, 2.24) is 5.31 Å². The summed E-state index contributed by atoms with van der Waals surface area (Å²) < 4.78 is 44.1. The Balaban J connectivity index is 3.23. The first-order chi connectivity index (χ1) is 5.57. The van der Waals surface area contributed by atoms with Crippen molar-refractivity contribution in [3.8, 4) is 0 Å². The Morgan fingerprint density at radius 2 is 3.00 bits per heavy atom. The van der Waals surface area contributed by atoms with E-state index in [-0.39, 0.29) is 0 Å². The van der Waals surface area contributed by atoms with Crippen LogP contribution in [0.4, 0.5) is 0 Å². The van der Waals surface area contributed by atoms with Crippen molar-refractivity contribution in [2.24, 2.45) is 0 Å². The van der Waals surface area contributed by atoms with E-state index >= 15 is 0 Å². The van der Waals surface area contributed by atoms with E-state index in [0.717, 1.165) is 0 Å². The van der Waals surface area contributed by atoms with Gasteiger partial charge in [-0.25, -0.2) is 0 Å². The van der Waals surface area contributed by atoms with Gasteiger partial charge in [-0.05, 0) is 19.8 Å². The largest absolute Gasteiger partial charge is 0.313 e. The highest BCUT2D eigenvalue weighted by Gasteiger charge is 2.18. The first kappa shape index (κ1) is 1.61. The smallest absolute Gasteiger partial charge is 0.123 e. The molecule has 1 fully saturated rings. The van der Waals surface area contributed by atoms with Crippen molar-refractivity contribution in [2.45, 2.75) is 24.7 Å². The third kappa shape index (κ3) is 1.07. The molecule has 0 aromatic carbocycles. The quantitative estimate of drug-likeness (QED) is 0.476. The zero-order valence-corrected chi connectivity index (χ0v) is 4.66. The molecule has 1 aliphatic heterocycles. The molecular weight excluding hydrogens is 110 g/mol. The molecule has 0 aromatic rings. The van der Waals surface area contributed by atoms with Crippen molar-refractivity contribution >= 4 is 11.6 Å². The Hall–Kier alpha value is 0.250. The summed E-state index contributed by atoms with van der Waals surface area (Å²) in [5.74, 6) is 0.